The largest absolute Gasteiger partial charge is 0.492 e. The third kappa shape index (κ3) is 6.47. The Morgan fingerprint density at radius 3 is 1.84 bits per heavy atom. The van der Waals surface area contributed by atoms with Crippen molar-refractivity contribution >= 4 is 11.5 Å². The van der Waals surface area contributed by atoms with Gasteiger partial charge in [0.15, 0.2) is 17.2 Å². The molecule has 1 atom stereocenters. The van der Waals surface area contributed by atoms with Gasteiger partial charge in [-0.05, 0) is 12.8 Å². The number of unbranched alkanes of at least 4 members (excludes halogenated alkanes) is 9. The minimum atomic E-state index is -0.0958. The van der Waals surface area contributed by atoms with Gasteiger partial charge in [-0.2, -0.15) is 0 Å². The Morgan fingerprint density at radius 1 is 0.806 bits per heavy atom. The van der Waals surface area contributed by atoms with E-state index in [4.69, 9.17) is 14.2 Å². The van der Waals surface area contributed by atoms with Crippen molar-refractivity contribution in [2.45, 2.75) is 71.1 Å². The lowest BCUT2D eigenvalue weighted by atomic mass is 10.1. The maximum Gasteiger partial charge on any atom is 0.238 e. The summed E-state index contributed by atoms with van der Waals surface area (Å²) < 4.78 is 17.0. The molecule has 0 aliphatic carbocycles. The van der Waals surface area contributed by atoms with Crippen molar-refractivity contribution in [3.05, 3.63) is 24.5 Å². The van der Waals surface area contributed by atoms with E-state index in [2.05, 4.69) is 11.9 Å². The molecule has 6 nitrogen and oxygen atoms in total. The van der Waals surface area contributed by atoms with Gasteiger partial charge in [0.25, 0.3) is 0 Å². The van der Waals surface area contributed by atoms with Crippen LogP contribution in [0.4, 0.5) is 5.69 Å². The molecule has 174 valence electrons. The van der Waals surface area contributed by atoms with E-state index in [-0.39, 0.29) is 6.61 Å². The number of methoxy groups -OCH3 is 3. The van der Waals surface area contributed by atoms with Crippen molar-refractivity contribution in [1.82, 2.24) is 4.48 Å². The lowest BCUT2D eigenvalue weighted by Crippen LogP contribution is -2.50. The molecule has 1 unspecified atom stereocenters. The highest BCUT2D eigenvalue weighted by Crippen LogP contribution is 2.44. The van der Waals surface area contributed by atoms with Gasteiger partial charge in [-0.1, -0.05) is 58.3 Å². The van der Waals surface area contributed by atoms with E-state index in [1.807, 2.05) is 18.3 Å². The molecule has 6 heteroatoms. The number of amidine groups is 1. The highest BCUT2D eigenvalue weighted by Gasteiger charge is 2.39. The zero-order valence-electron chi connectivity index (χ0n) is 19.9. The second-order valence-corrected chi connectivity index (χ2v) is 8.16. The Balaban J connectivity index is 2.03. The molecule has 1 aromatic rings. The van der Waals surface area contributed by atoms with Crippen LogP contribution in [0, 0.1) is 0 Å². The van der Waals surface area contributed by atoms with Gasteiger partial charge in [0.05, 0.1) is 34.1 Å². The number of aliphatic hydroxyl groups is 1. The molecule has 1 aromatic carbocycles. The molecule has 0 saturated heterocycles. The maximum absolute atomic E-state index is 10.0. The van der Waals surface area contributed by atoms with Crippen LogP contribution in [0.2, 0.25) is 0 Å². The number of hydrogen-bond donors (Lipinski definition) is 1. The van der Waals surface area contributed by atoms with Crippen molar-refractivity contribution in [2.75, 3.05) is 34.5 Å². The van der Waals surface area contributed by atoms with Gasteiger partial charge in [-0.3, -0.25) is 0 Å². The van der Waals surface area contributed by atoms with Gasteiger partial charge in [0.2, 0.25) is 11.6 Å². The fourth-order valence-corrected chi connectivity index (χ4v) is 4.30. The van der Waals surface area contributed by atoms with E-state index < -0.39 is 0 Å². The minimum Gasteiger partial charge on any atom is -0.492 e. The Kier molecular flexibility index (Phi) is 10.9. The summed E-state index contributed by atoms with van der Waals surface area (Å²) in [4.78, 5) is 4.45. The summed E-state index contributed by atoms with van der Waals surface area (Å²) in [5, 5.41) is 10.0. The first-order valence-corrected chi connectivity index (χ1v) is 11.7. The number of aliphatic hydroxyl groups excluding tert-OH is 1. The topological polar surface area (TPSA) is 60.3 Å². The monoisotopic (exact) mass is 433 g/mol. The van der Waals surface area contributed by atoms with Gasteiger partial charge in [0.1, 0.15) is 12.8 Å². The van der Waals surface area contributed by atoms with Gasteiger partial charge in [0, 0.05) is 12.1 Å². The number of ether oxygens (including phenoxy) is 3. The Morgan fingerprint density at radius 2 is 1.35 bits per heavy atom. The normalized spacial score (nSPS) is 17.6. The Bertz CT molecular complexity index is 707. The van der Waals surface area contributed by atoms with E-state index in [0.29, 0.717) is 27.6 Å². The van der Waals surface area contributed by atoms with Crippen molar-refractivity contribution in [1.29, 1.82) is 0 Å². The van der Waals surface area contributed by atoms with Gasteiger partial charge in [-0.15, -0.1) is 0 Å². The van der Waals surface area contributed by atoms with E-state index in [9.17, 15) is 5.11 Å². The van der Waals surface area contributed by atoms with Crippen LogP contribution >= 0.6 is 0 Å². The zero-order chi connectivity index (χ0) is 22.5. The van der Waals surface area contributed by atoms with Gasteiger partial charge >= 0.3 is 0 Å². The number of benzene rings is 1. The lowest BCUT2D eigenvalue weighted by molar-refractivity contribution is 0.321. The highest BCUT2D eigenvalue weighted by molar-refractivity contribution is 5.98. The Labute approximate surface area is 188 Å². The summed E-state index contributed by atoms with van der Waals surface area (Å²) in [7, 11) is 4.84. The molecular weight excluding hydrogens is 392 g/mol. The predicted octanol–water partition coefficient (Wildman–Crippen LogP) is 5.82. The number of nitrogens with zero attached hydrogens (tertiary/aromatic N) is 2. The second kappa shape index (κ2) is 13.4. The fourth-order valence-electron chi connectivity index (χ4n) is 4.30. The molecule has 0 aromatic heterocycles. The zero-order valence-corrected chi connectivity index (χ0v) is 19.9. The molecular formula is C25H41N2O4+. The summed E-state index contributed by atoms with van der Waals surface area (Å²) in [6, 6.07) is 3.91. The first kappa shape index (κ1) is 25.2. The third-order valence-electron chi connectivity index (χ3n) is 6.12. The summed E-state index contributed by atoms with van der Waals surface area (Å²) in [6.45, 7) is 3.00. The molecule has 2 rings (SSSR count). The van der Waals surface area contributed by atoms with Crippen molar-refractivity contribution in [3.8, 4) is 17.2 Å². The van der Waals surface area contributed by atoms with Crippen molar-refractivity contribution in [2.24, 2.45) is 4.99 Å². The fraction of sp³-hybridized carbons (Fsp3) is 0.640. The lowest BCUT2D eigenvalue weighted by Gasteiger charge is -2.32. The standard InChI is InChI=1S/C25H41N2O4/c1-5-6-7-8-9-10-11-12-13-14-16-27(17-15-26-24(27)20-28)21-18-22(29-2)25(31-4)23(19-21)30-3/h15,17-19,28H,5-14,16,20H2,1-4H3/q+1. The highest BCUT2D eigenvalue weighted by atomic mass is 16.5. The molecule has 1 aliphatic rings. The number of quaternary nitrogens is 1. The van der Waals surface area contributed by atoms with Crippen molar-refractivity contribution < 1.29 is 19.3 Å². The summed E-state index contributed by atoms with van der Waals surface area (Å²) in [5.41, 5.74) is 0.951. The quantitative estimate of drug-likeness (QED) is 0.264. The average Bonchev–Trinajstić information content (AvgIpc) is 3.23. The van der Waals surface area contributed by atoms with E-state index in [1.54, 1.807) is 27.5 Å². The predicted molar refractivity (Wildman–Crippen MR) is 128 cm³/mol. The summed E-state index contributed by atoms with van der Waals surface area (Å²) in [5.74, 6) is 2.49. The van der Waals surface area contributed by atoms with Crippen molar-refractivity contribution in [3.63, 3.8) is 0 Å². The van der Waals surface area contributed by atoms with Crippen LogP contribution in [0.1, 0.15) is 71.1 Å². The molecule has 0 saturated carbocycles. The van der Waals surface area contributed by atoms with Crippen LogP contribution in [0.3, 0.4) is 0 Å². The van der Waals surface area contributed by atoms with Crippen LogP contribution in [-0.4, -0.2) is 45.4 Å². The minimum absolute atomic E-state index is 0.0958. The maximum atomic E-state index is 10.0. The summed E-state index contributed by atoms with van der Waals surface area (Å²) in [6.07, 6.45) is 16.7. The Hall–Kier alpha value is -2.05. The molecule has 0 fully saturated rings. The molecule has 0 radical (unpaired) electrons. The average molecular weight is 434 g/mol. The SMILES string of the molecule is CCCCCCCCCCCC[N+]1(c2cc(OC)c(OC)c(OC)c2)C=CN=C1CO. The van der Waals surface area contributed by atoms with Crippen LogP contribution in [0.15, 0.2) is 29.5 Å². The molecule has 1 N–H and O–H groups in total. The van der Waals surface area contributed by atoms with Gasteiger partial charge in [-0.25, -0.2) is 9.48 Å². The van der Waals surface area contributed by atoms with Crippen LogP contribution in [-0.2, 0) is 0 Å². The number of rotatable bonds is 16. The third-order valence-corrected chi connectivity index (χ3v) is 6.12. The molecule has 1 aliphatic heterocycles. The molecule has 0 bridgehead atoms. The first-order valence-electron chi connectivity index (χ1n) is 11.7. The van der Waals surface area contributed by atoms with E-state index in [1.165, 1.54) is 57.8 Å². The molecule has 0 spiro atoms. The molecule has 1 heterocycles. The number of hydrogen-bond acceptors (Lipinski definition) is 5. The molecule has 0 amide bonds. The second-order valence-electron chi connectivity index (χ2n) is 8.16. The van der Waals surface area contributed by atoms with Crippen LogP contribution in [0.25, 0.3) is 0 Å². The van der Waals surface area contributed by atoms with Crippen LogP contribution in [0.5, 0.6) is 17.2 Å². The van der Waals surface area contributed by atoms with Gasteiger partial charge < -0.3 is 19.3 Å². The van der Waals surface area contributed by atoms with E-state index >= 15 is 0 Å². The van der Waals surface area contributed by atoms with E-state index in [0.717, 1.165) is 18.7 Å². The smallest absolute Gasteiger partial charge is 0.238 e. The number of aliphatic imine (C=N–C) groups is 1. The van der Waals surface area contributed by atoms with Crippen LogP contribution < -0.4 is 18.7 Å². The summed E-state index contributed by atoms with van der Waals surface area (Å²) >= 11 is 0. The molecule has 31 heavy (non-hydrogen) atoms. The first-order chi connectivity index (χ1) is 15.2.